The Morgan fingerprint density at radius 2 is 1.04 bits per heavy atom. The van der Waals surface area contributed by atoms with Crippen molar-refractivity contribution in [3.63, 3.8) is 0 Å². The smallest absolute Gasteiger partial charge is 0.0972 e. The molecule has 9 aromatic rings. The largest absolute Gasteiger partial charge is 0.245 e. The molecule has 0 saturated heterocycles. The monoisotopic (exact) mass is 630 g/mol. The van der Waals surface area contributed by atoms with Gasteiger partial charge in [-0.1, -0.05) is 129 Å². The van der Waals surface area contributed by atoms with Crippen LogP contribution in [-0.4, -0.2) is 9.97 Å². The van der Waals surface area contributed by atoms with E-state index in [0.717, 1.165) is 44.3 Å². The molecular formula is C45H30N2S. The fourth-order valence-electron chi connectivity index (χ4n) is 7.79. The molecule has 0 radical (unpaired) electrons. The van der Waals surface area contributed by atoms with Crippen LogP contribution in [0.1, 0.15) is 25.0 Å². The second-order valence-corrected chi connectivity index (χ2v) is 14.5. The zero-order valence-electron chi connectivity index (χ0n) is 26.7. The average Bonchev–Trinajstić information content (AvgIpc) is 3.63. The second kappa shape index (κ2) is 10.2. The van der Waals surface area contributed by atoms with Gasteiger partial charge in [-0.3, -0.25) is 0 Å². The molecule has 0 aliphatic heterocycles. The van der Waals surface area contributed by atoms with Gasteiger partial charge in [0, 0.05) is 47.5 Å². The van der Waals surface area contributed by atoms with Crippen LogP contribution in [-0.2, 0) is 5.41 Å². The van der Waals surface area contributed by atoms with Crippen LogP contribution in [0.25, 0.3) is 86.7 Å². The van der Waals surface area contributed by atoms with Gasteiger partial charge in [0.25, 0.3) is 0 Å². The minimum atomic E-state index is -0.0541. The van der Waals surface area contributed by atoms with Crippen LogP contribution in [0.15, 0.2) is 146 Å². The zero-order chi connectivity index (χ0) is 32.0. The van der Waals surface area contributed by atoms with Crippen molar-refractivity contribution in [3.05, 3.63) is 157 Å². The van der Waals surface area contributed by atoms with Crippen LogP contribution < -0.4 is 0 Å². The quantitative estimate of drug-likeness (QED) is 0.182. The molecule has 0 unspecified atom stereocenters. The molecule has 1 aliphatic rings. The van der Waals surface area contributed by atoms with Crippen molar-refractivity contribution in [2.24, 2.45) is 0 Å². The van der Waals surface area contributed by atoms with Gasteiger partial charge in [-0.05, 0) is 63.7 Å². The van der Waals surface area contributed by atoms with Gasteiger partial charge in [0.1, 0.15) is 0 Å². The lowest BCUT2D eigenvalue weighted by atomic mass is 9.82. The highest BCUT2D eigenvalue weighted by atomic mass is 32.1. The Morgan fingerprint density at radius 1 is 0.458 bits per heavy atom. The molecule has 0 atom stereocenters. The van der Waals surface area contributed by atoms with E-state index in [9.17, 15) is 0 Å². The summed E-state index contributed by atoms with van der Waals surface area (Å²) in [6, 6.07) is 52.7. The number of hydrogen-bond donors (Lipinski definition) is 0. The van der Waals surface area contributed by atoms with Crippen molar-refractivity contribution in [2.75, 3.05) is 0 Å². The summed E-state index contributed by atoms with van der Waals surface area (Å²) in [5, 5.41) is 4.84. The van der Waals surface area contributed by atoms with Gasteiger partial charge in [0.2, 0.25) is 0 Å². The molecule has 226 valence electrons. The van der Waals surface area contributed by atoms with Crippen molar-refractivity contribution in [3.8, 4) is 44.8 Å². The molecule has 0 N–H and O–H groups in total. The molecule has 0 spiro atoms. The van der Waals surface area contributed by atoms with E-state index in [4.69, 9.17) is 9.97 Å². The average molecular weight is 631 g/mol. The van der Waals surface area contributed by atoms with Crippen LogP contribution in [0.4, 0.5) is 0 Å². The molecule has 10 rings (SSSR count). The van der Waals surface area contributed by atoms with Gasteiger partial charge in [-0.25, -0.2) is 9.97 Å². The second-order valence-electron chi connectivity index (χ2n) is 13.4. The number of aromatic nitrogens is 2. The summed E-state index contributed by atoms with van der Waals surface area (Å²) in [4.78, 5) is 10.5. The molecule has 6 aromatic carbocycles. The summed E-state index contributed by atoms with van der Waals surface area (Å²) in [5.41, 5.74) is 13.8. The first-order valence-corrected chi connectivity index (χ1v) is 17.3. The molecule has 0 fully saturated rings. The minimum Gasteiger partial charge on any atom is -0.245 e. The zero-order valence-corrected chi connectivity index (χ0v) is 27.5. The number of hydrogen-bond acceptors (Lipinski definition) is 3. The molecular weight excluding hydrogens is 601 g/mol. The van der Waals surface area contributed by atoms with E-state index in [1.165, 1.54) is 53.6 Å². The SMILES string of the molecule is CC1(C)c2ccccc2-c2ccc(-c3ccc4ccc5ccc(-c6ccc(-c7cccc8sc9ccccc9c78)cc6)nc5c4n3)cc21. The number of benzene rings is 6. The van der Waals surface area contributed by atoms with E-state index in [2.05, 4.69) is 159 Å². The minimum absolute atomic E-state index is 0.0541. The molecule has 3 heterocycles. The summed E-state index contributed by atoms with van der Waals surface area (Å²) in [5.74, 6) is 0. The predicted molar refractivity (Wildman–Crippen MR) is 204 cm³/mol. The Bertz CT molecular complexity index is 2750. The van der Waals surface area contributed by atoms with E-state index in [1.54, 1.807) is 0 Å². The van der Waals surface area contributed by atoms with Crippen molar-refractivity contribution in [1.82, 2.24) is 9.97 Å². The first-order valence-electron chi connectivity index (χ1n) is 16.5. The summed E-state index contributed by atoms with van der Waals surface area (Å²) in [6.45, 7) is 4.65. The van der Waals surface area contributed by atoms with Crippen LogP contribution in [0.3, 0.4) is 0 Å². The highest BCUT2D eigenvalue weighted by Gasteiger charge is 2.35. The fraction of sp³-hybridized carbons (Fsp3) is 0.0667. The van der Waals surface area contributed by atoms with E-state index in [-0.39, 0.29) is 5.41 Å². The lowest BCUT2D eigenvalue weighted by molar-refractivity contribution is 0.660. The molecule has 3 aromatic heterocycles. The summed E-state index contributed by atoms with van der Waals surface area (Å²) in [7, 11) is 0. The Hall–Kier alpha value is -5.64. The maximum absolute atomic E-state index is 5.27. The molecule has 2 nitrogen and oxygen atoms in total. The topological polar surface area (TPSA) is 25.8 Å². The number of nitrogens with zero attached hydrogens (tertiary/aromatic N) is 2. The van der Waals surface area contributed by atoms with Crippen molar-refractivity contribution in [2.45, 2.75) is 19.3 Å². The highest BCUT2D eigenvalue weighted by molar-refractivity contribution is 7.25. The van der Waals surface area contributed by atoms with E-state index in [0.29, 0.717) is 0 Å². The fourth-order valence-corrected chi connectivity index (χ4v) is 8.92. The Morgan fingerprint density at radius 3 is 1.83 bits per heavy atom. The van der Waals surface area contributed by atoms with Crippen molar-refractivity contribution >= 4 is 53.3 Å². The molecule has 3 heteroatoms. The first-order chi connectivity index (χ1) is 23.5. The van der Waals surface area contributed by atoms with Crippen LogP contribution >= 0.6 is 11.3 Å². The summed E-state index contributed by atoms with van der Waals surface area (Å²) < 4.78 is 2.65. The Kier molecular flexibility index (Phi) is 5.82. The summed E-state index contributed by atoms with van der Waals surface area (Å²) >= 11 is 1.86. The normalized spacial score (nSPS) is 13.4. The number of rotatable bonds is 3. The van der Waals surface area contributed by atoms with Crippen LogP contribution in [0.5, 0.6) is 0 Å². The Balaban J connectivity index is 1.05. The molecule has 0 saturated carbocycles. The van der Waals surface area contributed by atoms with Crippen molar-refractivity contribution in [1.29, 1.82) is 0 Å². The first kappa shape index (κ1) is 27.5. The third-order valence-corrected chi connectivity index (χ3v) is 11.4. The Labute approximate surface area is 283 Å². The van der Waals surface area contributed by atoms with Gasteiger partial charge in [0.15, 0.2) is 0 Å². The predicted octanol–water partition coefficient (Wildman–Crippen LogP) is 12.5. The molecule has 1 aliphatic carbocycles. The van der Waals surface area contributed by atoms with Gasteiger partial charge < -0.3 is 0 Å². The lowest BCUT2D eigenvalue weighted by Crippen LogP contribution is -2.14. The molecule has 48 heavy (non-hydrogen) atoms. The standard InChI is InChI=1S/C45H30N2S/c1-45(2)36-11-5-3-8-33(36)34-23-20-31(26-37(34)45)39-25-22-30-19-18-29-21-24-38(46-43(29)44(30)47-39)28-16-14-27(15-17-28)32-10-7-13-41-42(32)35-9-4-6-12-40(35)48-41/h3-26H,1-2H3. The van der Waals surface area contributed by atoms with Crippen molar-refractivity contribution < 1.29 is 0 Å². The maximum atomic E-state index is 5.27. The van der Waals surface area contributed by atoms with Crippen LogP contribution in [0.2, 0.25) is 0 Å². The molecule has 0 bridgehead atoms. The van der Waals surface area contributed by atoms with E-state index in [1.807, 2.05) is 11.3 Å². The van der Waals surface area contributed by atoms with Gasteiger partial charge in [-0.15, -0.1) is 11.3 Å². The van der Waals surface area contributed by atoms with Gasteiger partial charge in [0.05, 0.1) is 22.4 Å². The van der Waals surface area contributed by atoms with E-state index < -0.39 is 0 Å². The van der Waals surface area contributed by atoms with E-state index >= 15 is 0 Å². The van der Waals surface area contributed by atoms with Gasteiger partial charge >= 0.3 is 0 Å². The number of fused-ring (bicyclic) bond motifs is 9. The summed E-state index contributed by atoms with van der Waals surface area (Å²) in [6.07, 6.45) is 0. The maximum Gasteiger partial charge on any atom is 0.0972 e. The number of pyridine rings is 2. The van der Waals surface area contributed by atoms with Crippen LogP contribution in [0, 0.1) is 0 Å². The van der Waals surface area contributed by atoms with Gasteiger partial charge in [-0.2, -0.15) is 0 Å². The highest BCUT2D eigenvalue weighted by Crippen LogP contribution is 2.49. The number of thiophene rings is 1. The third-order valence-electron chi connectivity index (χ3n) is 10.3. The lowest BCUT2D eigenvalue weighted by Gasteiger charge is -2.21. The third kappa shape index (κ3) is 4.04. The molecule has 0 amide bonds.